The van der Waals surface area contributed by atoms with Crippen LogP contribution in [0, 0.1) is 0 Å². The van der Waals surface area contributed by atoms with E-state index >= 15 is 0 Å². The first-order valence-electron chi connectivity index (χ1n) is 10.7. The van der Waals surface area contributed by atoms with Crippen molar-refractivity contribution in [2.75, 3.05) is 12.4 Å². The van der Waals surface area contributed by atoms with Crippen LogP contribution in [-0.2, 0) is 17.6 Å². The smallest absolute Gasteiger partial charge is 0.277 e. The molecule has 1 N–H and O–H groups in total. The van der Waals surface area contributed by atoms with Gasteiger partial charge in [0, 0.05) is 5.56 Å². The van der Waals surface area contributed by atoms with Gasteiger partial charge in [0.15, 0.2) is 0 Å². The topological polar surface area (TPSA) is 77.2 Å². The normalized spacial score (nSPS) is 14.0. The van der Waals surface area contributed by atoms with Crippen molar-refractivity contribution in [3.63, 3.8) is 0 Å². The predicted molar refractivity (Wildman–Crippen MR) is 121 cm³/mol. The molecular weight excluding hydrogens is 410 g/mol. The van der Waals surface area contributed by atoms with Gasteiger partial charge >= 0.3 is 0 Å². The molecule has 1 atom stereocenters. The van der Waals surface area contributed by atoms with Crippen LogP contribution in [0.2, 0.25) is 0 Å². The Morgan fingerprint density at radius 3 is 2.68 bits per heavy atom. The maximum Gasteiger partial charge on any atom is 0.277 e. The molecule has 0 aliphatic heterocycles. The summed E-state index contributed by atoms with van der Waals surface area (Å²) in [6.45, 7) is 4.58. The molecule has 6 nitrogen and oxygen atoms in total. The first kappa shape index (κ1) is 21.4. The Morgan fingerprint density at radius 2 is 1.90 bits per heavy atom. The highest BCUT2D eigenvalue weighted by Crippen LogP contribution is 2.26. The van der Waals surface area contributed by atoms with Crippen molar-refractivity contribution in [1.29, 1.82) is 0 Å². The fourth-order valence-corrected chi connectivity index (χ4v) is 4.34. The van der Waals surface area contributed by atoms with Crippen molar-refractivity contribution in [2.45, 2.75) is 50.8 Å². The highest BCUT2D eigenvalue weighted by molar-refractivity contribution is 7.99. The zero-order valence-electron chi connectivity index (χ0n) is 17.9. The van der Waals surface area contributed by atoms with Crippen LogP contribution in [0.3, 0.4) is 0 Å². The molecule has 1 aliphatic carbocycles. The number of thioether (sulfide) groups is 1. The zero-order chi connectivity index (χ0) is 21.6. The lowest BCUT2D eigenvalue weighted by Gasteiger charge is -2.20. The van der Waals surface area contributed by atoms with Gasteiger partial charge < -0.3 is 14.5 Å². The van der Waals surface area contributed by atoms with Crippen LogP contribution in [0.5, 0.6) is 5.75 Å². The number of aryl methyl sites for hydroxylation is 2. The minimum Gasteiger partial charge on any atom is -0.494 e. The van der Waals surface area contributed by atoms with Gasteiger partial charge in [-0.1, -0.05) is 30.0 Å². The highest BCUT2D eigenvalue weighted by Gasteiger charge is 2.16. The minimum atomic E-state index is -0.0592. The van der Waals surface area contributed by atoms with Crippen LogP contribution < -0.4 is 10.1 Å². The molecule has 0 radical (unpaired) electrons. The first-order chi connectivity index (χ1) is 15.1. The second-order valence-corrected chi connectivity index (χ2v) is 8.57. The summed E-state index contributed by atoms with van der Waals surface area (Å²) in [6.07, 6.45) is 4.81. The summed E-state index contributed by atoms with van der Waals surface area (Å²) < 4.78 is 11.1. The Labute approximate surface area is 186 Å². The van der Waals surface area contributed by atoms with Crippen molar-refractivity contribution < 1.29 is 13.9 Å². The van der Waals surface area contributed by atoms with Crippen LogP contribution in [0.25, 0.3) is 11.5 Å². The third-order valence-electron chi connectivity index (χ3n) is 5.40. The molecule has 1 amide bonds. The highest BCUT2D eigenvalue weighted by atomic mass is 32.2. The van der Waals surface area contributed by atoms with Gasteiger partial charge in [0.05, 0.1) is 18.4 Å². The first-order valence-corrected chi connectivity index (χ1v) is 11.7. The molecule has 1 aromatic heterocycles. The predicted octanol–water partition coefficient (Wildman–Crippen LogP) is 4.98. The van der Waals surface area contributed by atoms with E-state index in [2.05, 4.69) is 33.7 Å². The lowest BCUT2D eigenvalue weighted by atomic mass is 9.89. The standard InChI is InChI=1S/C24H27N3O3S/c1-3-29-21-12-10-18(11-13-21)23-26-27-24(30-23)31-15-22(28)25-16(2)19-9-8-17-6-4-5-7-20(17)14-19/h8-14,16H,3-7,15H2,1-2H3,(H,25,28)/t16-/m1/s1. The van der Waals surface area contributed by atoms with E-state index in [1.165, 1.54) is 35.7 Å². The molecule has 1 aliphatic rings. The van der Waals surface area contributed by atoms with Crippen LogP contribution >= 0.6 is 11.8 Å². The van der Waals surface area contributed by atoms with Gasteiger partial charge in [-0.05, 0) is 80.5 Å². The van der Waals surface area contributed by atoms with Crippen molar-refractivity contribution in [3.8, 4) is 17.2 Å². The van der Waals surface area contributed by atoms with Crippen LogP contribution in [0.15, 0.2) is 52.1 Å². The number of carbonyl (C=O) groups excluding carboxylic acids is 1. The monoisotopic (exact) mass is 437 g/mol. The maximum atomic E-state index is 12.4. The molecule has 7 heteroatoms. The van der Waals surface area contributed by atoms with E-state index in [-0.39, 0.29) is 17.7 Å². The largest absolute Gasteiger partial charge is 0.494 e. The number of aromatic nitrogens is 2. The van der Waals surface area contributed by atoms with Crippen molar-refractivity contribution in [3.05, 3.63) is 59.2 Å². The number of hydrogen-bond acceptors (Lipinski definition) is 6. The Balaban J connectivity index is 1.30. The molecule has 1 heterocycles. The summed E-state index contributed by atoms with van der Waals surface area (Å²) in [6, 6.07) is 14.0. The number of nitrogens with zero attached hydrogens (tertiary/aromatic N) is 2. The molecule has 3 aromatic rings. The molecule has 2 aromatic carbocycles. The number of carbonyl (C=O) groups is 1. The lowest BCUT2D eigenvalue weighted by molar-refractivity contribution is -0.119. The molecule has 0 unspecified atom stereocenters. The van der Waals surface area contributed by atoms with Gasteiger partial charge in [0.25, 0.3) is 5.22 Å². The summed E-state index contributed by atoms with van der Waals surface area (Å²) >= 11 is 1.24. The number of rotatable bonds is 8. The summed E-state index contributed by atoms with van der Waals surface area (Å²) in [5.74, 6) is 1.38. The molecule has 0 fully saturated rings. The SMILES string of the molecule is CCOc1ccc(-c2nnc(SCC(=O)N[C@H](C)c3ccc4c(c3)CCCC4)o2)cc1. The fraction of sp³-hybridized carbons (Fsp3) is 0.375. The fourth-order valence-electron chi connectivity index (χ4n) is 3.76. The molecular formula is C24H27N3O3S. The molecule has 0 bridgehead atoms. The summed E-state index contributed by atoms with van der Waals surface area (Å²) in [7, 11) is 0. The average Bonchev–Trinajstić information content (AvgIpc) is 3.27. The van der Waals surface area contributed by atoms with E-state index in [0.29, 0.717) is 17.7 Å². The van der Waals surface area contributed by atoms with E-state index in [0.717, 1.165) is 29.7 Å². The summed E-state index contributed by atoms with van der Waals surface area (Å²) in [5.41, 5.74) is 4.83. The zero-order valence-corrected chi connectivity index (χ0v) is 18.7. The van der Waals surface area contributed by atoms with Gasteiger partial charge in [0.2, 0.25) is 11.8 Å². The second-order valence-electron chi connectivity index (χ2n) is 7.64. The number of ether oxygens (including phenoxy) is 1. The van der Waals surface area contributed by atoms with Gasteiger partial charge in [0.1, 0.15) is 5.75 Å². The van der Waals surface area contributed by atoms with Crippen LogP contribution in [0.1, 0.15) is 49.4 Å². The number of hydrogen-bond donors (Lipinski definition) is 1. The quantitative estimate of drug-likeness (QED) is 0.501. The van der Waals surface area contributed by atoms with Crippen molar-refractivity contribution in [1.82, 2.24) is 15.5 Å². The third-order valence-corrected chi connectivity index (χ3v) is 6.21. The minimum absolute atomic E-state index is 0.0394. The number of benzene rings is 2. The summed E-state index contributed by atoms with van der Waals surface area (Å²) in [4.78, 5) is 12.4. The van der Waals surface area contributed by atoms with Gasteiger partial charge in [-0.3, -0.25) is 4.79 Å². The number of amides is 1. The maximum absolute atomic E-state index is 12.4. The molecule has 31 heavy (non-hydrogen) atoms. The lowest BCUT2D eigenvalue weighted by Crippen LogP contribution is -2.28. The van der Waals surface area contributed by atoms with E-state index in [1.807, 2.05) is 38.1 Å². The third kappa shape index (κ3) is 5.47. The van der Waals surface area contributed by atoms with Crippen molar-refractivity contribution >= 4 is 17.7 Å². The average molecular weight is 438 g/mol. The number of nitrogens with one attached hydrogen (secondary N) is 1. The number of fused-ring (bicyclic) bond motifs is 1. The molecule has 0 spiro atoms. The molecule has 0 saturated carbocycles. The molecule has 4 rings (SSSR count). The Bertz CT molecular complexity index is 1030. The van der Waals surface area contributed by atoms with Gasteiger partial charge in [-0.2, -0.15) is 0 Å². The van der Waals surface area contributed by atoms with Crippen molar-refractivity contribution in [2.24, 2.45) is 0 Å². The van der Waals surface area contributed by atoms with E-state index in [1.54, 1.807) is 0 Å². The molecule has 0 saturated heterocycles. The van der Waals surface area contributed by atoms with E-state index in [4.69, 9.17) is 9.15 Å². The Morgan fingerprint density at radius 1 is 1.13 bits per heavy atom. The second kappa shape index (κ2) is 10.0. The Kier molecular flexibility index (Phi) is 6.92. The van der Waals surface area contributed by atoms with E-state index < -0.39 is 0 Å². The summed E-state index contributed by atoms with van der Waals surface area (Å²) in [5, 5.41) is 11.6. The molecule has 162 valence electrons. The van der Waals surface area contributed by atoms with Crippen LogP contribution in [-0.4, -0.2) is 28.5 Å². The van der Waals surface area contributed by atoms with Gasteiger partial charge in [-0.15, -0.1) is 10.2 Å². The van der Waals surface area contributed by atoms with E-state index in [9.17, 15) is 4.79 Å². The van der Waals surface area contributed by atoms with Gasteiger partial charge in [-0.25, -0.2) is 0 Å². The van der Waals surface area contributed by atoms with Crippen LogP contribution in [0.4, 0.5) is 0 Å². The Hall–Kier alpha value is -2.80.